The Balaban J connectivity index is 1.78. The number of carbonyl (C=O) groups is 1. The Kier molecular flexibility index (Phi) is 6.08. The number of halogens is 4. The molecule has 3 rings (SSSR count). The maximum Gasteiger partial charge on any atom is 0.387 e. The molecule has 10 heteroatoms. The molecule has 1 amide bonds. The van der Waals surface area contributed by atoms with Gasteiger partial charge in [0.25, 0.3) is 5.91 Å². The van der Waals surface area contributed by atoms with Crippen molar-refractivity contribution >= 4 is 29.1 Å². The van der Waals surface area contributed by atoms with E-state index in [2.05, 4.69) is 10.1 Å². The lowest BCUT2D eigenvalue weighted by molar-refractivity contribution is -0.0515. The monoisotopic (exact) mass is 419 g/mol. The van der Waals surface area contributed by atoms with Crippen LogP contribution in [0.1, 0.15) is 23.2 Å². The molecule has 0 aromatic heterocycles. The molecule has 1 aliphatic carbocycles. The van der Waals surface area contributed by atoms with Gasteiger partial charge < -0.3 is 25.1 Å². The molecule has 0 saturated heterocycles. The van der Waals surface area contributed by atoms with Gasteiger partial charge in [-0.3, -0.25) is 4.79 Å². The minimum absolute atomic E-state index is 0.0162. The number of allylic oxidation sites excluding steroid dienone is 1. The topological polar surface area (TPSA) is 73.9 Å². The average molecular weight is 420 g/mol. The van der Waals surface area contributed by atoms with E-state index in [1.165, 1.54) is 18.2 Å². The fourth-order valence-corrected chi connectivity index (χ4v) is 2.93. The van der Waals surface area contributed by atoms with Crippen molar-refractivity contribution < 1.29 is 23.0 Å². The second kappa shape index (κ2) is 8.33. The van der Waals surface area contributed by atoms with Crippen molar-refractivity contribution in [2.24, 2.45) is 5.92 Å². The number of alkyl halides is 2. The molecule has 1 aliphatic heterocycles. The van der Waals surface area contributed by atoms with Gasteiger partial charge in [0.1, 0.15) is 0 Å². The van der Waals surface area contributed by atoms with E-state index in [0.29, 0.717) is 17.6 Å². The van der Waals surface area contributed by atoms with Crippen LogP contribution in [0.15, 0.2) is 40.2 Å². The molecular weight excluding hydrogens is 405 g/mol. The largest absolute Gasteiger partial charge is 0.758 e. The lowest BCUT2D eigenvalue weighted by Gasteiger charge is -2.31. The summed E-state index contributed by atoms with van der Waals surface area (Å²) in [7, 11) is 0. The minimum atomic E-state index is -3.02. The van der Waals surface area contributed by atoms with Crippen LogP contribution in [0.5, 0.6) is 11.5 Å². The maximum atomic E-state index is 12.6. The molecule has 0 unspecified atom stereocenters. The highest BCUT2D eigenvalue weighted by atomic mass is 35.5. The van der Waals surface area contributed by atoms with Gasteiger partial charge >= 0.3 is 6.61 Å². The summed E-state index contributed by atoms with van der Waals surface area (Å²) in [5.74, 6) is -0.316. The quantitative estimate of drug-likeness (QED) is 0.718. The second-order valence-electron chi connectivity index (χ2n) is 6.08. The fourth-order valence-electron chi connectivity index (χ4n) is 2.34. The summed E-state index contributed by atoms with van der Waals surface area (Å²) < 4.78 is 35.1. The Morgan fingerprint density at radius 3 is 2.70 bits per heavy atom. The minimum Gasteiger partial charge on any atom is -0.758 e. The number of carbonyl (C=O) groups excluding carboxylic acids is 1. The van der Waals surface area contributed by atoms with Crippen molar-refractivity contribution in [2.45, 2.75) is 19.5 Å². The molecular formula is C17H15Cl2F2N2O4-. The molecule has 0 spiro atoms. The highest BCUT2D eigenvalue weighted by Gasteiger charge is 2.24. The molecule has 146 valence electrons. The number of ether oxygens (including phenoxy) is 2. The van der Waals surface area contributed by atoms with Gasteiger partial charge in [-0.1, -0.05) is 23.2 Å². The van der Waals surface area contributed by atoms with E-state index in [4.69, 9.17) is 27.9 Å². The van der Waals surface area contributed by atoms with Crippen LogP contribution in [0.4, 0.5) is 8.78 Å². The van der Waals surface area contributed by atoms with Gasteiger partial charge in [-0.25, -0.2) is 0 Å². The Labute approximate surface area is 163 Å². The first-order valence-corrected chi connectivity index (χ1v) is 8.82. The molecule has 6 nitrogen and oxygen atoms in total. The van der Waals surface area contributed by atoms with Gasteiger partial charge in [0.05, 0.1) is 22.4 Å². The van der Waals surface area contributed by atoms with Crippen LogP contribution in [-0.4, -0.2) is 30.7 Å². The standard InChI is InChI=1S/C17H15Cl2F2N2O4/c18-11-6-23(25)7-12(19)15(11)22-16(24)10-3-4-13(27-17(20)21)14(5-10)26-8-9-1-2-9/h3-6,9,17H,1-2,7-8H2,(H,22,24)/q-1. The van der Waals surface area contributed by atoms with Crippen molar-refractivity contribution in [3.63, 3.8) is 0 Å². The Morgan fingerprint density at radius 2 is 2.07 bits per heavy atom. The van der Waals surface area contributed by atoms with Crippen LogP contribution >= 0.6 is 23.2 Å². The summed E-state index contributed by atoms with van der Waals surface area (Å²) in [6.07, 6.45) is 3.12. The molecule has 0 atom stereocenters. The van der Waals surface area contributed by atoms with E-state index in [9.17, 15) is 18.8 Å². The van der Waals surface area contributed by atoms with Gasteiger partial charge in [0, 0.05) is 18.3 Å². The number of nitrogens with one attached hydrogen (secondary N) is 1. The SMILES string of the molecule is O=C(NC1=C(Cl)CN([O-])C=C1Cl)c1ccc(OC(F)F)c(OCC2CC2)c1. The lowest BCUT2D eigenvalue weighted by Crippen LogP contribution is -2.28. The molecule has 1 heterocycles. The second-order valence-corrected chi connectivity index (χ2v) is 6.94. The lowest BCUT2D eigenvalue weighted by atomic mass is 10.1. The summed E-state index contributed by atoms with van der Waals surface area (Å²) in [6, 6.07) is 3.85. The van der Waals surface area contributed by atoms with E-state index in [-0.39, 0.29) is 39.4 Å². The number of rotatable bonds is 7. The van der Waals surface area contributed by atoms with Crippen molar-refractivity contribution in [1.29, 1.82) is 0 Å². The first-order valence-electron chi connectivity index (χ1n) is 8.06. The number of hydrogen-bond donors (Lipinski definition) is 1. The van der Waals surface area contributed by atoms with Gasteiger partial charge in [0.2, 0.25) is 0 Å². The van der Waals surface area contributed by atoms with Crippen LogP contribution < -0.4 is 14.8 Å². The van der Waals surface area contributed by atoms with Gasteiger partial charge in [-0.15, -0.1) is 0 Å². The van der Waals surface area contributed by atoms with E-state index >= 15 is 0 Å². The highest BCUT2D eigenvalue weighted by molar-refractivity contribution is 6.36. The number of nitrogens with zero attached hydrogens (tertiary/aromatic N) is 1. The van der Waals surface area contributed by atoms with Crippen LogP contribution in [0.3, 0.4) is 0 Å². The highest BCUT2D eigenvalue weighted by Crippen LogP contribution is 2.34. The molecule has 1 saturated carbocycles. The Morgan fingerprint density at radius 1 is 1.33 bits per heavy atom. The van der Waals surface area contributed by atoms with Gasteiger partial charge in [-0.05, 0) is 37.0 Å². The van der Waals surface area contributed by atoms with Crippen molar-refractivity contribution in [2.75, 3.05) is 13.2 Å². The molecule has 0 bridgehead atoms. The zero-order valence-electron chi connectivity index (χ0n) is 13.9. The molecule has 0 radical (unpaired) electrons. The average Bonchev–Trinajstić information content (AvgIpc) is 3.40. The van der Waals surface area contributed by atoms with Crippen LogP contribution in [0.25, 0.3) is 0 Å². The summed E-state index contributed by atoms with van der Waals surface area (Å²) in [6.45, 7) is -2.81. The molecule has 2 aliphatic rings. The molecule has 1 N–H and O–H groups in total. The summed E-state index contributed by atoms with van der Waals surface area (Å²) in [5.41, 5.74) is 0.247. The summed E-state index contributed by atoms with van der Waals surface area (Å²) >= 11 is 11.9. The number of amides is 1. The summed E-state index contributed by atoms with van der Waals surface area (Å²) in [4.78, 5) is 12.5. The Bertz CT molecular complexity index is 797. The van der Waals surface area contributed by atoms with E-state index in [1.807, 2.05) is 0 Å². The molecule has 1 aromatic carbocycles. The van der Waals surface area contributed by atoms with Gasteiger partial charge in [0.15, 0.2) is 11.5 Å². The van der Waals surface area contributed by atoms with Crippen LogP contribution in [-0.2, 0) is 0 Å². The number of benzene rings is 1. The zero-order valence-corrected chi connectivity index (χ0v) is 15.4. The Hall–Kier alpha value is -2.03. The molecule has 1 aromatic rings. The van der Waals surface area contributed by atoms with Crippen LogP contribution in [0.2, 0.25) is 0 Å². The molecule has 27 heavy (non-hydrogen) atoms. The van der Waals surface area contributed by atoms with E-state index in [1.54, 1.807) is 0 Å². The zero-order chi connectivity index (χ0) is 19.6. The molecule has 1 fully saturated rings. The maximum absolute atomic E-state index is 12.6. The predicted molar refractivity (Wildman–Crippen MR) is 95.6 cm³/mol. The van der Waals surface area contributed by atoms with Crippen molar-refractivity contribution in [3.05, 3.63) is 50.9 Å². The summed E-state index contributed by atoms with van der Waals surface area (Å²) in [5, 5.41) is 14.4. The first kappa shape index (κ1) is 19.7. The van der Waals surface area contributed by atoms with E-state index < -0.39 is 12.5 Å². The first-order chi connectivity index (χ1) is 12.8. The third kappa shape index (κ3) is 5.24. The number of hydrogen-bond acceptors (Lipinski definition) is 5. The normalized spacial score (nSPS) is 17.1. The van der Waals surface area contributed by atoms with E-state index in [0.717, 1.165) is 19.0 Å². The smallest absolute Gasteiger partial charge is 0.387 e. The predicted octanol–water partition coefficient (Wildman–Crippen LogP) is 4.15. The fraction of sp³-hybridized carbons (Fsp3) is 0.353. The third-order valence-electron chi connectivity index (χ3n) is 3.89. The van der Waals surface area contributed by atoms with Crippen LogP contribution in [0, 0.1) is 11.1 Å². The third-order valence-corrected chi connectivity index (χ3v) is 4.49. The van der Waals surface area contributed by atoms with Gasteiger partial charge in [-0.2, -0.15) is 8.78 Å². The number of hydroxylamine groups is 2. The van der Waals surface area contributed by atoms with Crippen molar-refractivity contribution in [1.82, 2.24) is 10.4 Å². The van der Waals surface area contributed by atoms with Crippen molar-refractivity contribution in [3.8, 4) is 11.5 Å².